The third kappa shape index (κ3) is 3.41. The van der Waals surface area contributed by atoms with E-state index in [1.807, 2.05) is 0 Å². The topological polar surface area (TPSA) is 98.1 Å². The molecule has 0 spiro atoms. The molecule has 1 atom stereocenters. The van der Waals surface area contributed by atoms with Crippen molar-refractivity contribution in [3.05, 3.63) is 46.8 Å². The summed E-state index contributed by atoms with van der Waals surface area (Å²) in [5, 5.41) is 7.44. The van der Waals surface area contributed by atoms with Crippen molar-refractivity contribution in [2.24, 2.45) is 0 Å². The van der Waals surface area contributed by atoms with Gasteiger partial charge in [-0.15, -0.1) is 0 Å². The van der Waals surface area contributed by atoms with Crippen molar-refractivity contribution in [1.29, 1.82) is 0 Å². The Bertz CT molecular complexity index is 1040. The lowest BCUT2D eigenvalue weighted by Gasteiger charge is -2.15. The van der Waals surface area contributed by atoms with E-state index < -0.39 is 9.84 Å². The molecule has 7 nitrogen and oxygen atoms in total. The summed E-state index contributed by atoms with van der Waals surface area (Å²) >= 11 is 0. The van der Waals surface area contributed by atoms with E-state index in [4.69, 9.17) is 0 Å². The second-order valence-electron chi connectivity index (χ2n) is 7.22. The van der Waals surface area contributed by atoms with Gasteiger partial charge in [-0.05, 0) is 44.7 Å². The quantitative estimate of drug-likeness (QED) is 0.811. The number of benzene rings is 1. The van der Waals surface area contributed by atoms with E-state index in [-0.39, 0.29) is 29.2 Å². The highest BCUT2D eigenvalue weighted by Gasteiger charge is 2.35. The SMILES string of the molecule is CC(=O)c1cccc(NC(=O)c2c3c(nn2C2CCS(=O)(=O)C2)CCC3)c1. The molecule has 2 heterocycles. The first kappa shape index (κ1) is 17.9. The molecule has 1 fully saturated rings. The van der Waals surface area contributed by atoms with E-state index in [2.05, 4.69) is 10.4 Å². The molecule has 1 aliphatic carbocycles. The van der Waals surface area contributed by atoms with Crippen LogP contribution in [0.15, 0.2) is 24.3 Å². The number of ketones is 1. The molecule has 0 saturated carbocycles. The van der Waals surface area contributed by atoms with E-state index in [0.29, 0.717) is 23.4 Å². The van der Waals surface area contributed by atoms with Crippen molar-refractivity contribution in [2.45, 2.75) is 38.6 Å². The number of hydrogen-bond acceptors (Lipinski definition) is 5. The van der Waals surface area contributed by atoms with E-state index in [1.54, 1.807) is 28.9 Å². The number of carbonyl (C=O) groups excluding carboxylic acids is 2. The second-order valence-corrected chi connectivity index (χ2v) is 9.45. The molecule has 1 unspecified atom stereocenters. The number of nitrogens with one attached hydrogen (secondary N) is 1. The Hall–Kier alpha value is -2.48. The number of rotatable bonds is 4. The van der Waals surface area contributed by atoms with Crippen LogP contribution in [0.3, 0.4) is 0 Å². The largest absolute Gasteiger partial charge is 0.321 e. The Morgan fingerprint density at radius 1 is 1.26 bits per heavy atom. The summed E-state index contributed by atoms with van der Waals surface area (Å²) in [7, 11) is -3.08. The first-order valence-corrected chi connectivity index (χ1v) is 10.9. The number of amides is 1. The first-order valence-electron chi connectivity index (χ1n) is 9.07. The van der Waals surface area contributed by atoms with Crippen LogP contribution in [-0.4, -0.2) is 41.4 Å². The summed E-state index contributed by atoms with van der Waals surface area (Å²) in [4.78, 5) is 24.6. The van der Waals surface area contributed by atoms with Crippen molar-refractivity contribution in [1.82, 2.24) is 9.78 Å². The fourth-order valence-corrected chi connectivity index (χ4v) is 5.58. The minimum Gasteiger partial charge on any atom is -0.321 e. The Kier molecular flexibility index (Phi) is 4.38. The molecule has 1 aromatic carbocycles. The fourth-order valence-electron chi connectivity index (χ4n) is 3.89. The number of Topliss-reactive ketones (excluding diaryl/α,β-unsaturated/α-hetero) is 1. The van der Waals surface area contributed by atoms with Crippen LogP contribution in [0.2, 0.25) is 0 Å². The van der Waals surface area contributed by atoms with Gasteiger partial charge in [-0.1, -0.05) is 12.1 Å². The summed E-state index contributed by atoms with van der Waals surface area (Å²) in [5.74, 6) is -0.235. The predicted octanol–water partition coefficient (Wildman–Crippen LogP) is 2.19. The molecule has 1 amide bonds. The van der Waals surface area contributed by atoms with Crippen LogP contribution in [-0.2, 0) is 22.7 Å². The number of hydrogen-bond donors (Lipinski definition) is 1. The van der Waals surface area contributed by atoms with Gasteiger partial charge in [0.25, 0.3) is 5.91 Å². The lowest BCUT2D eigenvalue weighted by atomic mass is 10.1. The van der Waals surface area contributed by atoms with Crippen molar-refractivity contribution in [3.8, 4) is 0 Å². The van der Waals surface area contributed by atoms with Crippen molar-refractivity contribution >= 4 is 27.2 Å². The molecule has 142 valence electrons. The van der Waals surface area contributed by atoms with Crippen LogP contribution in [0, 0.1) is 0 Å². The van der Waals surface area contributed by atoms with Gasteiger partial charge < -0.3 is 5.32 Å². The predicted molar refractivity (Wildman–Crippen MR) is 101 cm³/mol. The van der Waals surface area contributed by atoms with Crippen LogP contribution in [0.25, 0.3) is 0 Å². The molecular weight excluding hydrogens is 366 g/mol. The van der Waals surface area contributed by atoms with Crippen molar-refractivity contribution in [2.75, 3.05) is 16.8 Å². The molecule has 1 saturated heterocycles. The van der Waals surface area contributed by atoms with Gasteiger partial charge in [-0.25, -0.2) is 8.42 Å². The lowest BCUT2D eigenvalue weighted by Crippen LogP contribution is -2.23. The number of nitrogens with zero attached hydrogens (tertiary/aromatic N) is 2. The number of aryl methyl sites for hydroxylation is 1. The maximum absolute atomic E-state index is 13.0. The first-order chi connectivity index (χ1) is 12.8. The number of sulfone groups is 1. The van der Waals surface area contributed by atoms with Crippen molar-refractivity contribution < 1.29 is 18.0 Å². The molecule has 0 radical (unpaired) electrons. The number of aromatic nitrogens is 2. The Labute approximate surface area is 157 Å². The Balaban J connectivity index is 1.67. The molecular formula is C19H21N3O4S. The zero-order chi connectivity index (χ0) is 19.2. The molecule has 1 aromatic heterocycles. The average Bonchev–Trinajstić information content (AvgIpc) is 3.28. The molecule has 8 heteroatoms. The van der Waals surface area contributed by atoms with Gasteiger partial charge in [0.1, 0.15) is 5.69 Å². The zero-order valence-electron chi connectivity index (χ0n) is 15.1. The highest BCUT2D eigenvalue weighted by Crippen LogP contribution is 2.31. The van der Waals surface area contributed by atoms with E-state index in [0.717, 1.165) is 30.5 Å². The van der Waals surface area contributed by atoms with Crippen LogP contribution >= 0.6 is 0 Å². The smallest absolute Gasteiger partial charge is 0.274 e. The third-order valence-corrected chi connectivity index (χ3v) is 6.98. The molecule has 0 bridgehead atoms. The lowest BCUT2D eigenvalue weighted by molar-refractivity contribution is 0.100. The van der Waals surface area contributed by atoms with Gasteiger partial charge in [-0.3, -0.25) is 14.3 Å². The molecule has 1 N–H and O–H groups in total. The average molecular weight is 387 g/mol. The standard InChI is InChI=1S/C19H21N3O4S/c1-12(23)13-4-2-5-14(10-13)20-19(24)18-16-6-3-7-17(16)21-22(18)15-8-9-27(25,26)11-15/h2,4-5,10,15H,3,6-9,11H2,1H3,(H,20,24). The fraction of sp³-hybridized carbons (Fsp3) is 0.421. The Morgan fingerprint density at radius 3 is 2.78 bits per heavy atom. The van der Waals surface area contributed by atoms with Crippen LogP contribution < -0.4 is 5.32 Å². The van der Waals surface area contributed by atoms with E-state index in [9.17, 15) is 18.0 Å². The summed E-state index contributed by atoms with van der Waals surface area (Å²) in [6.07, 6.45) is 3.00. The molecule has 4 rings (SSSR count). The second kappa shape index (κ2) is 6.60. The normalized spacial score (nSPS) is 20.4. The summed E-state index contributed by atoms with van der Waals surface area (Å²) in [6.45, 7) is 1.48. The number of anilines is 1. The number of carbonyl (C=O) groups is 2. The third-order valence-electron chi connectivity index (χ3n) is 5.23. The zero-order valence-corrected chi connectivity index (χ0v) is 15.9. The highest BCUT2D eigenvalue weighted by atomic mass is 32.2. The highest BCUT2D eigenvalue weighted by molar-refractivity contribution is 7.91. The van der Waals surface area contributed by atoms with Gasteiger partial charge >= 0.3 is 0 Å². The van der Waals surface area contributed by atoms with E-state index >= 15 is 0 Å². The van der Waals surface area contributed by atoms with Gasteiger partial charge in [0, 0.05) is 16.8 Å². The molecule has 1 aliphatic heterocycles. The molecule has 2 aromatic rings. The van der Waals surface area contributed by atoms with Crippen LogP contribution in [0.5, 0.6) is 0 Å². The van der Waals surface area contributed by atoms with Crippen LogP contribution in [0.1, 0.15) is 57.9 Å². The van der Waals surface area contributed by atoms with Crippen molar-refractivity contribution in [3.63, 3.8) is 0 Å². The van der Waals surface area contributed by atoms with Crippen LogP contribution in [0.4, 0.5) is 5.69 Å². The minimum atomic E-state index is -3.08. The number of fused-ring (bicyclic) bond motifs is 1. The van der Waals surface area contributed by atoms with Gasteiger partial charge in [0.2, 0.25) is 0 Å². The summed E-state index contributed by atoms with van der Waals surface area (Å²) in [6, 6.07) is 6.48. The van der Waals surface area contributed by atoms with E-state index in [1.165, 1.54) is 6.92 Å². The summed E-state index contributed by atoms with van der Waals surface area (Å²) in [5.41, 5.74) is 3.32. The minimum absolute atomic E-state index is 0.0215. The molecule has 27 heavy (non-hydrogen) atoms. The molecule has 2 aliphatic rings. The Morgan fingerprint density at radius 2 is 2.07 bits per heavy atom. The monoisotopic (exact) mass is 387 g/mol. The maximum atomic E-state index is 13.0. The maximum Gasteiger partial charge on any atom is 0.274 e. The van der Waals surface area contributed by atoms with Gasteiger partial charge in [0.15, 0.2) is 15.6 Å². The van der Waals surface area contributed by atoms with Gasteiger partial charge in [-0.2, -0.15) is 5.10 Å². The summed E-state index contributed by atoms with van der Waals surface area (Å²) < 4.78 is 25.4. The van der Waals surface area contributed by atoms with Gasteiger partial charge in [0.05, 0.1) is 23.2 Å².